The van der Waals surface area contributed by atoms with Crippen LogP contribution < -0.4 is 10.2 Å². The van der Waals surface area contributed by atoms with Gasteiger partial charge in [-0.3, -0.25) is 0 Å². The summed E-state index contributed by atoms with van der Waals surface area (Å²) in [5, 5.41) is 7.25. The van der Waals surface area contributed by atoms with E-state index in [-0.39, 0.29) is 12.7 Å². The highest BCUT2D eigenvalue weighted by molar-refractivity contribution is 5.80. The Kier molecular flexibility index (Phi) is 10.2. The smallest absolute Gasteiger partial charge is 0.410 e. The highest BCUT2D eigenvalue weighted by Gasteiger charge is 2.24. The van der Waals surface area contributed by atoms with Crippen LogP contribution in [0.2, 0.25) is 0 Å². The lowest BCUT2D eigenvalue weighted by atomic mass is 10.0. The molecule has 10 nitrogen and oxygen atoms in total. The lowest BCUT2D eigenvalue weighted by Crippen LogP contribution is -2.48. The number of piperazine rings is 1. The molecule has 0 aliphatic carbocycles. The van der Waals surface area contributed by atoms with Crippen molar-refractivity contribution in [1.82, 2.24) is 24.8 Å². The number of carbonyl (C=O) groups is 2. The van der Waals surface area contributed by atoms with Gasteiger partial charge < -0.3 is 24.6 Å². The number of ether oxygens (including phenoxy) is 2. The minimum absolute atomic E-state index is 0.271. The van der Waals surface area contributed by atoms with Gasteiger partial charge in [0, 0.05) is 38.3 Å². The van der Waals surface area contributed by atoms with Crippen molar-refractivity contribution in [3.05, 3.63) is 83.8 Å². The molecule has 1 fully saturated rings. The second-order valence-electron chi connectivity index (χ2n) is 11.1. The third kappa shape index (κ3) is 8.24. The van der Waals surface area contributed by atoms with Gasteiger partial charge in [0.15, 0.2) is 0 Å². The summed E-state index contributed by atoms with van der Waals surface area (Å²) in [6.07, 6.45) is 2.82. The number of carbonyl (C=O) groups excluding carboxylic acids is 2. The molecule has 0 radical (unpaired) electrons. The molecule has 0 bridgehead atoms. The maximum atomic E-state index is 12.6. The van der Waals surface area contributed by atoms with E-state index < -0.39 is 11.7 Å². The molecule has 3 heterocycles. The number of amides is 2. The molecule has 0 unspecified atom stereocenters. The Morgan fingerprint density at radius 2 is 1.70 bits per heavy atom. The zero-order chi connectivity index (χ0) is 31.0. The van der Waals surface area contributed by atoms with Gasteiger partial charge in [0.05, 0.1) is 23.1 Å². The van der Waals surface area contributed by atoms with Crippen molar-refractivity contribution >= 4 is 23.4 Å². The summed E-state index contributed by atoms with van der Waals surface area (Å²) < 4.78 is 12.7. The van der Waals surface area contributed by atoms with Gasteiger partial charge in [0.1, 0.15) is 18.5 Å². The van der Waals surface area contributed by atoms with E-state index in [4.69, 9.17) is 9.47 Å². The average Bonchev–Trinajstić information content (AvgIpc) is 3.45. The maximum absolute atomic E-state index is 12.6. The fourth-order valence-corrected chi connectivity index (χ4v) is 4.79. The number of hydrogen-bond acceptors (Lipinski definition) is 7. The predicted octanol–water partition coefficient (Wildman–Crippen LogP) is 6.21. The van der Waals surface area contributed by atoms with Crippen molar-refractivity contribution in [1.29, 1.82) is 0 Å². The standard InChI is InChI=1S/C31H36N6O4.C2H6/c1-22-16-24(10-11-25(22)18-32-29(38)41-31(2,3)4)28-27-17-26(19-37(27)34-21-33-28)35-12-14-36(15-13-35)30(39)40-20-23-8-6-5-7-9-23;1-2/h5-11,16-17,19,21H,12-15,18,20H2,1-4H3,(H,32,38);1-2H3. The molecule has 1 aliphatic rings. The first-order valence-electron chi connectivity index (χ1n) is 14.8. The first-order valence-corrected chi connectivity index (χ1v) is 14.8. The lowest BCUT2D eigenvalue weighted by molar-refractivity contribution is 0.0523. The molecule has 1 saturated heterocycles. The van der Waals surface area contributed by atoms with Gasteiger partial charge in [0.2, 0.25) is 0 Å². The first kappa shape index (κ1) is 31.3. The number of nitrogens with zero attached hydrogens (tertiary/aromatic N) is 5. The van der Waals surface area contributed by atoms with E-state index in [1.807, 2.05) is 94.7 Å². The summed E-state index contributed by atoms with van der Waals surface area (Å²) in [5.41, 5.74) is 6.18. The molecule has 43 heavy (non-hydrogen) atoms. The molecule has 2 aromatic heterocycles. The van der Waals surface area contributed by atoms with Crippen molar-refractivity contribution < 1.29 is 19.1 Å². The number of nitrogens with one attached hydrogen (secondary N) is 1. The van der Waals surface area contributed by atoms with Crippen LogP contribution in [-0.2, 0) is 22.6 Å². The van der Waals surface area contributed by atoms with Gasteiger partial charge >= 0.3 is 12.2 Å². The molecule has 1 aliphatic heterocycles. The van der Waals surface area contributed by atoms with E-state index in [9.17, 15) is 9.59 Å². The van der Waals surface area contributed by atoms with E-state index in [1.165, 1.54) is 0 Å². The Morgan fingerprint density at radius 1 is 0.977 bits per heavy atom. The van der Waals surface area contributed by atoms with Crippen molar-refractivity contribution in [3.8, 4) is 11.3 Å². The molecule has 228 valence electrons. The highest BCUT2D eigenvalue weighted by atomic mass is 16.6. The van der Waals surface area contributed by atoms with Gasteiger partial charge in [0.25, 0.3) is 0 Å². The summed E-state index contributed by atoms with van der Waals surface area (Å²) in [6.45, 7) is 14.7. The van der Waals surface area contributed by atoms with Crippen LogP contribution in [0.1, 0.15) is 51.3 Å². The van der Waals surface area contributed by atoms with Crippen LogP contribution in [0.4, 0.5) is 15.3 Å². The Bertz CT molecular complexity index is 1520. The van der Waals surface area contributed by atoms with E-state index in [1.54, 1.807) is 11.2 Å². The van der Waals surface area contributed by atoms with Crippen LogP contribution >= 0.6 is 0 Å². The van der Waals surface area contributed by atoms with E-state index in [0.717, 1.165) is 39.2 Å². The van der Waals surface area contributed by atoms with Crippen LogP contribution in [0.25, 0.3) is 16.8 Å². The number of benzene rings is 2. The van der Waals surface area contributed by atoms with Crippen molar-refractivity contribution in [2.75, 3.05) is 31.1 Å². The fourth-order valence-electron chi connectivity index (χ4n) is 4.79. The van der Waals surface area contributed by atoms with Crippen LogP contribution in [0.5, 0.6) is 0 Å². The largest absolute Gasteiger partial charge is 0.445 e. The monoisotopic (exact) mass is 586 g/mol. The molecule has 5 rings (SSSR count). The Balaban J connectivity index is 0.00000207. The number of rotatable bonds is 6. The molecule has 2 amide bonds. The fraction of sp³-hybridized carbons (Fsp3) is 0.394. The van der Waals surface area contributed by atoms with Crippen molar-refractivity contribution in [3.63, 3.8) is 0 Å². The number of aromatic nitrogens is 3. The zero-order valence-electron chi connectivity index (χ0n) is 26.0. The molecular weight excluding hydrogens is 544 g/mol. The van der Waals surface area contributed by atoms with Crippen LogP contribution in [0.15, 0.2) is 67.1 Å². The molecule has 1 N–H and O–H groups in total. The summed E-state index contributed by atoms with van der Waals surface area (Å²) >= 11 is 0. The van der Waals surface area contributed by atoms with Crippen molar-refractivity contribution in [2.24, 2.45) is 0 Å². The average molecular weight is 587 g/mol. The first-order chi connectivity index (χ1) is 20.7. The van der Waals surface area contributed by atoms with Gasteiger partial charge in [-0.1, -0.05) is 56.3 Å². The SMILES string of the molecule is CC.Cc1cc(-c2ncnn3cc(N4CCN(C(=O)OCc5ccccc5)CC4)cc23)ccc1CNC(=O)OC(C)(C)C. The molecule has 0 spiro atoms. The predicted molar refractivity (Wildman–Crippen MR) is 168 cm³/mol. The second kappa shape index (κ2) is 14.0. The van der Waals surface area contributed by atoms with Crippen LogP contribution in [-0.4, -0.2) is 63.5 Å². The summed E-state index contributed by atoms with van der Waals surface area (Å²) in [5.74, 6) is 0. The van der Waals surface area contributed by atoms with E-state index >= 15 is 0 Å². The molecule has 4 aromatic rings. The molecule has 0 atom stereocenters. The Hall–Kier alpha value is -4.60. The number of fused-ring (bicyclic) bond motifs is 1. The maximum Gasteiger partial charge on any atom is 0.410 e. The minimum Gasteiger partial charge on any atom is -0.445 e. The quantitative estimate of drug-likeness (QED) is 0.286. The third-order valence-electron chi connectivity index (χ3n) is 6.94. The van der Waals surface area contributed by atoms with E-state index in [0.29, 0.717) is 32.7 Å². The van der Waals surface area contributed by atoms with Gasteiger partial charge in [-0.05, 0) is 56.5 Å². The van der Waals surface area contributed by atoms with Gasteiger partial charge in [-0.25, -0.2) is 19.1 Å². The highest BCUT2D eigenvalue weighted by Crippen LogP contribution is 2.29. The zero-order valence-corrected chi connectivity index (χ0v) is 26.0. The normalized spacial score (nSPS) is 13.3. The lowest BCUT2D eigenvalue weighted by Gasteiger charge is -2.34. The molecular formula is C33H42N6O4. The topological polar surface area (TPSA) is 101 Å². The third-order valence-corrected chi connectivity index (χ3v) is 6.94. The number of aryl methyl sites for hydroxylation is 1. The summed E-state index contributed by atoms with van der Waals surface area (Å²) in [4.78, 5) is 33.2. The molecule has 2 aromatic carbocycles. The van der Waals surface area contributed by atoms with E-state index in [2.05, 4.69) is 32.4 Å². The molecule has 10 heteroatoms. The minimum atomic E-state index is -0.542. The molecule has 0 saturated carbocycles. The van der Waals surface area contributed by atoms with Crippen LogP contribution in [0, 0.1) is 6.92 Å². The van der Waals surface area contributed by atoms with Gasteiger partial charge in [-0.15, -0.1) is 0 Å². The van der Waals surface area contributed by atoms with Crippen molar-refractivity contribution in [2.45, 2.75) is 60.3 Å². The van der Waals surface area contributed by atoms with Crippen LogP contribution in [0.3, 0.4) is 0 Å². The number of hydrogen-bond donors (Lipinski definition) is 1. The Labute approximate surface area is 253 Å². The summed E-state index contributed by atoms with van der Waals surface area (Å²) in [7, 11) is 0. The second-order valence-corrected chi connectivity index (χ2v) is 11.1. The Morgan fingerprint density at radius 3 is 2.37 bits per heavy atom. The number of alkyl carbamates (subject to hydrolysis) is 1. The van der Waals surface area contributed by atoms with Gasteiger partial charge in [-0.2, -0.15) is 5.10 Å². The number of anilines is 1. The summed E-state index contributed by atoms with van der Waals surface area (Å²) in [6, 6.07) is 17.9.